The van der Waals surface area contributed by atoms with Crippen molar-refractivity contribution in [3.05, 3.63) is 71.8 Å². The molecule has 10 heteroatoms. The summed E-state index contributed by atoms with van der Waals surface area (Å²) in [7, 11) is 0. The SMILES string of the molecule is CCCc1nc2ccc(I)cc2c(=O)n1-c1ccc([N+](=O)[O-])c(C(F)(F)F)c1. The van der Waals surface area contributed by atoms with Gasteiger partial charge in [-0.05, 0) is 59.3 Å². The van der Waals surface area contributed by atoms with Crippen molar-refractivity contribution in [3.63, 3.8) is 0 Å². The van der Waals surface area contributed by atoms with Gasteiger partial charge in [-0.1, -0.05) is 6.92 Å². The van der Waals surface area contributed by atoms with Crippen molar-refractivity contribution in [2.24, 2.45) is 0 Å². The molecule has 28 heavy (non-hydrogen) atoms. The molecular weight excluding hydrogens is 490 g/mol. The monoisotopic (exact) mass is 503 g/mol. The summed E-state index contributed by atoms with van der Waals surface area (Å²) in [6.07, 6.45) is -3.97. The molecule has 1 heterocycles. The third-order valence-corrected chi connectivity index (χ3v) is 4.78. The number of nitro benzene ring substituents is 1. The van der Waals surface area contributed by atoms with E-state index in [1.165, 1.54) is 0 Å². The van der Waals surface area contributed by atoms with E-state index in [1.807, 2.05) is 29.5 Å². The van der Waals surface area contributed by atoms with Gasteiger partial charge in [-0.3, -0.25) is 19.5 Å². The van der Waals surface area contributed by atoms with Crippen LogP contribution in [0.15, 0.2) is 41.2 Å². The smallest absolute Gasteiger partial charge is 0.268 e. The maximum absolute atomic E-state index is 13.4. The largest absolute Gasteiger partial charge is 0.423 e. The van der Waals surface area contributed by atoms with Crippen LogP contribution in [-0.2, 0) is 12.6 Å². The molecule has 0 saturated heterocycles. The molecule has 0 unspecified atom stereocenters. The minimum absolute atomic E-state index is 0.111. The van der Waals surface area contributed by atoms with E-state index in [2.05, 4.69) is 4.98 Å². The number of hydrogen-bond donors (Lipinski definition) is 0. The molecule has 0 aliphatic carbocycles. The van der Waals surface area contributed by atoms with Gasteiger partial charge in [0.05, 0.1) is 21.5 Å². The van der Waals surface area contributed by atoms with Crippen molar-refractivity contribution in [1.82, 2.24) is 9.55 Å². The summed E-state index contributed by atoms with van der Waals surface area (Å²) in [6, 6.07) is 7.59. The number of halogens is 4. The van der Waals surface area contributed by atoms with E-state index in [-0.39, 0.29) is 11.1 Å². The van der Waals surface area contributed by atoms with Gasteiger partial charge in [-0.2, -0.15) is 13.2 Å². The molecule has 1 aromatic heterocycles. The van der Waals surface area contributed by atoms with E-state index in [9.17, 15) is 28.1 Å². The Balaban J connectivity index is 2.37. The Hall–Kier alpha value is -2.50. The van der Waals surface area contributed by atoms with Crippen molar-refractivity contribution in [1.29, 1.82) is 0 Å². The molecule has 0 N–H and O–H groups in total. The molecule has 0 fully saturated rings. The van der Waals surface area contributed by atoms with Gasteiger partial charge in [0.25, 0.3) is 11.2 Å². The second-order valence-corrected chi connectivity index (χ2v) is 7.28. The standard InChI is InChI=1S/C18H13F3IN3O3/c1-2-3-16-23-14-6-4-10(22)8-12(14)17(26)24(16)11-5-7-15(25(27)28)13(9-11)18(19,20)21/h4-9H,2-3H2,1H3. The molecule has 0 bridgehead atoms. The third kappa shape index (κ3) is 3.73. The lowest BCUT2D eigenvalue weighted by atomic mass is 10.1. The average Bonchev–Trinajstić information content (AvgIpc) is 2.62. The zero-order chi connectivity index (χ0) is 20.6. The lowest BCUT2D eigenvalue weighted by molar-refractivity contribution is -0.388. The summed E-state index contributed by atoms with van der Waals surface area (Å²) >= 11 is 2.02. The fraction of sp³-hybridized carbons (Fsp3) is 0.222. The lowest BCUT2D eigenvalue weighted by Gasteiger charge is -2.15. The average molecular weight is 503 g/mol. The Morgan fingerprint density at radius 2 is 1.93 bits per heavy atom. The minimum Gasteiger partial charge on any atom is -0.268 e. The maximum Gasteiger partial charge on any atom is 0.423 e. The molecule has 0 aliphatic heterocycles. The summed E-state index contributed by atoms with van der Waals surface area (Å²) in [5.41, 5.74) is -2.66. The highest BCUT2D eigenvalue weighted by atomic mass is 127. The molecule has 146 valence electrons. The van der Waals surface area contributed by atoms with Gasteiger partial charge in [0.1, 0.15) is 11.4 Å². The van der Waals surface area contributed by atoms with Crippen LogP contribution < -0.4 is 5.56 Å². The molecule has 0 radical (unpaired) electrons. The van der Waals surface area contributed by atoms with E-state index < -0.39 is 27.9 Å². The molecular formula is C18H13F3IN3O3. The number of hydrogen-bond acceptors (Lipinski definition) is 4. The van der Waals surface area contributed by atoms with Crippen molar-refractivity contribution < 1.29 is 18.1 Å². The highest BCUT2D eigenvalue weighted by Gasteiger charge is 2.38. The Morgan fingerprint density at radius 1 is 1.21 bits per heavy atom. The number of nitro groups is 1. The topological polar surface area (TPSA) is 78.0 Å². The molecule has 6 nitrogen and oxygen atoms in total. The zero-order valence-corrected chi connectivity index (χ0v) is 16.6. The number of aryl methyl sites for hydroxylation is 1. The first-order valence-corrected chi connectivity index (χ1v) is 9.28. The van der Waals surface area contributed by atoms with Crippen LogP contribution in [-0.4, -0.2) is 14.5 Å². The van der Waals surface area contributed by atoms with Crippen LogP contribution in [0.25, 0.3) is 16.6 Å². The van der Waals surface area contributed by atoms with Crippen LogP contribution in [0.5, 0.6) is 0 Å². The summed E-state index contributed by atoms with van der Waals surface area (Å²) in [5.74, 6) is 0.295. The predicted octanol–water partition coefficient (Wildman–Crippen LogP) is 4.87. The molecule has 0 amide bonds. The fourth-order valence-electron chi connectivity index (χ4n) is 2.91. The number of rotatable bonds is 4. The van der Waals surface area contributed by atoms with Gasteiger partial charge < -0.3 is 0 Å². The van der Waals surface area contributed by atoms with Gasteiger partial charge in [0.2, 0.25) is 0 Å². The second kappa shape index (κ2) is 7.49. The van der Waals surface area contributed by atoms with Gasteiger partial charge in [-0.15, -0.1) is 0 Å². The van der Waals surface area contributed by atoms with Gasteiger partial charge in [0.15, 0.2) is 0 Å². The fourth-order valence-corrected chi connectivity index (χ4v) is 3.40. The first-order chi connectivity index (χ1) is 13.1. The summed E-state index contributed by atoms with van der Waals surface area (Å²) in [6.45, 7) is 1.85. The molecule has 0 atom stereocenters. The van der Waals surface area contributed by atoms with Crippen molar-refractivity contribution in [2.45, 2.75) is 25.9 Å². The second-order valence-electron chi connectivity index (χ2n) is 6.04. The Bertz CT molecular complexity index is 1140. The number of alkyl halides is 3. The van der Waals surface area contributed by atoms with E-state index in [1.54, 1.807) is 18.2 Å². The van der Waals surface area contributed by atoms with Crippen LogP contribution in [0.4, 0.5) is 18.9 Å². The molecule has 2 aromatic carbocycles. The van der Waals surface area contributed by atoms with Crippen LogP contribution in [0.3, 0.4) is 0 Å². The summed E-state index contributed by atoms with van der Waals surface area (Å²) in [4.78, 5) is 27.4. The van der Waals surface area contributed by atoms with Crippen molar-refractivity contribution >= 4 is 39.2 Å². The molecule has 0 saturated carbocycles. The van der Waals surface area contributed by atoms with Crippen LogP contribution in [0, 0.1) is 13.7 Å². The number of aromatic nitrogens is 2. The van der Waals surface area contributed by atoms with Crippen LogP contribution in [0.1, 0.15) is 24.7 Å². The molecule has 0 aliphatic rings. The molecule has 3 aromatic rings. The van der Waals surface area contributed by atoms with Gasteiger partial charge >= 0.3 is 6.18 Å². The van der Waals surface area contributed by atoms with Crippen molar-refractivity contribution in [2.75, 3.05) is 0 Å². The number of nitrogens with zero attached hydrogens (tertiary/aromatic N) is 3. The Morgan fingerprint density at radius 3 is 2.54 bits per heavy atom. The Kier molecular flexibility index (Phi) is 5.41. The minimum atomic E-state index is -4.94. The predicted molar refractivity (Wildman–Crippen MR) is 106 cm³/mol. The molecule has 0 spiro atoms. The summed E-state index contributed by atoms with van der Waals surface area (Å²) in [5, 5.41) is 11.3. The van der Waals surface area contributed by atoms with Crippen LogP contribution >= 0.6 is 22.6 Å². The van der Waals surface area contributed by atoms with Crippen molar-refractivity contribution in [3.8, 4) is 5.69 Å². The Labute approximate surface area is 170 Å². The number of fused-ring (bicyclic) bond motifs is 1. The summed E-state index contributed by atoms with van der Waals surface area (Å²) < 4.78 is 41.9. The molecule has 3 rings (SSSR count). The van der Waals surface area contributed by atoms with E-state index >= 15 is 0 Å². The lowest BCUT2D eigenvalue weighted by Crippen LogP contribution is -2.24. The van der Waals surface area contributed by atoms with Gasteiger partial charge in [-0.25, -0.2) is 4.98 Å². The van der Waals surface area contributed by atoms with Gasteiger partial charge in [0, 0.05) is 16.1 Å². The van der Waals surface area contributed by atoms with E-state index in [0.29, 0.717) is 30.2 Å². The van der Waals surface area contributed by atoms with E-state index in [0.717, 1.165) is 20.3 Å². The highest BCUT2D eigenvalue weighted by molar-refractivity contribution is 14.1. The van der Waals surface area contributed by atoms with Crippen LogP contribution in [0.2, 0.25) is 0 Å². The van der Waals surface area contributed by atoms with E-state index in [4.69, 9.17) is 0 Å². The zero-order valence-electron chi connectivity index (χ0n) is 14.5. The number of benzene rings is 2. The highest BCUT2D eigenvalue weighted by Crippen LogP contribution is 2.37. The first-order valence-electron chi connectivity index (χ1n) is 8.20. The maximum atomic E-state index is 13.4. The first kappa shape index (κ1) is 20.2. The normalized spacial score (nSPS) is 11.8. The third-order valence-electron chi connectivity index (χ3n) is 4.11. The quantitative estimate of drug-likeness (QED) is 0.289.